The zero-order valence-corrected chi connectivity index (χ0v) is 9.13. The summed E-state index contributed by atoms with van der Waals surface area (Å²) in [5, 5.41) is 32.8. The van der Waals surface area contributed by atoms with E-state index in [-0.39, 0.29) is 23.8 Å². The van der Waals surface area contributed by atoms with Crippen LogP contribution in [0.2, 0.25) is 5.02 Å². The number of benzene rings is 1. The summed E-state index contributed by atoms with van der Waals surface area (Å²) >= 11 is 5.54. The van der Waals surface area contributed by atoms with E-state index in [9.17, 15) is 4.79 Å². The van der Waals surface area contributed by atoms with E-state index >= 15 is 0 Å². The van der Waals surface area contributed by atoms with E-state index < -0.39 is 12.1 Å². The minimum Gasteiger partial charge on any atom is -0.478 e. The highest BCUT2D eigenvalue weighted by Crippen LogP contribution is 2.13. The Morgan fingerprint density at radius 1 is 1.25 bits per heavy atom. The molecule has 1 aromatic rings. The number of aliphatic hydroxyl groups excluding tert-OH is 3. The van der Waals surface area contributed by atoms with Gasteiger partial charge in [-0.3, -0.25) is 0 Å². The van der Waals surface area contributed by atoms with E-state index in [0.29, 0.717) is 0 Å². The van der Waals surface area contributed by atoms with E-state index in [0.717, 1.165) is 0 Å². The van der Waals surface area contributed by atoms with Crippen molar-refractivity contribution in [2.45, 2.75) is 6.10 Å². The van der Waals surface area contributed by atoms with Crippen LogP contribution >= 0.6 is 11.6 Å². The van der Waals surface area contributed by atoms with Crippen molar-refractivity contribution >= 4 is 17.6 Å². The molecule has 0 aromatic heterocycles. The quantitative estimate of drug-likeness (QED) is 0.620. The number of hydrogen-bond donors (Lipinski definition) is 4. The third-order valence-electron chi connectivity index (χ3n) is 1.53. The van der Waals surface area contributed by atoms with E-state index in [2.05, 4.69) is 0 Å². The first-order valence-corrected chi connectivity index (χ1v) is 4.78. The first-order chi connectivity index (χ1) is 7.52. The van der Waals surface area contributed by atoms with Gasteiger partial charge in [-0.25, -0.2) is 4.79 Å². The Morgan fingerprint density at radius 2 is 1.75 bits per heavy atom. The maximum atomic E-state index is 10.3. The van der Waals surface area contributed by atoms with Crippen LogP contribution in [0.5, 0.6) is 0 Å². The smallest absolute Gasteiger partial charge is 0.337 e. The van der Waals surface area contributed by atoms with Gasteiger partial charge in [0.1, 0.15) is 6.10 Å². The highest BCUT2D eigenvalue weighted by atomic mass is 35.5. The molecule has 0 radical (unpaired) electrons. The predicted molar refractivity (Wildman–Crippen MR) is 58.6 cm³/mol. The predicted octanol–water partition coefficient (Wildman–Crippen LogP) is 0.370. The number of hydrogen-bond acceptors (Lipinski definition) is 4. The summed E-state index contributed by atoms with van der Waals surface area (Å²) in [6.07, 6.45) is -0.954. The largest absolute Gasteiger partial charge is 0.478 e. The maximum Gasteiger partial charge on any atom is 0.337 e. The fourth-order valence-corrected chi connectivity index (χ4v) is 0.909. The summed E-state index contributed by atoms with van der Waals surface area (Å²) in [6.45, 7) is -0.729. The van der Waals surface area contributed by atoms with Crippen molar-refractivity contribution in [3.63, 3.8) is 0 Å². The Balaban J connectivity index is 0.000000325. The number of aromatic carboxylic acids is 1. The van der Waals surface area contributed by atoms with Gasteiger partial charge < -0.3 is 20.4 Å². The molecule has 0 aliphatic carbocycles. The molecule has 16 heavy (non-hydrogen) atoms. The molecule has 0 bridgehead atoms. The Bertz CT molecular complexity index is 325. The molecule has 0 atom stereocenters. The van der Waals surface area contributed by atoms with Crippen LogP contribution in [0.25, 0.3) is 0 Å². The number of aliphatic hydroxyl groups is 3. The average Bonchev–Trinajstić information content (AvgIpc) is 2.29. The zero-order valence-electron chi connectivity index (χ0n) is 8.38. The van der Waals surface area contributed by atoms with Gasteiger partial charge in [0.05, 0.1) is 23.8 Å². The van der Waals surface area contributed by atoms with Gasteiger partial charge in [-0.1, -0.05) is 23.7 Å². The molecule has 4 N–H and O–H groups in total. The maximum absolute atomic E-state index is 10.3. The van der Waals surface area contributed by atoms with Gasteiger partial charge in [0.2, 0.25) is 0 Å². The molecule has 1 rings (SSSR count). The summed E-state index contributed by atoms with van der Waals surface area (Å²) in [6, 6.07) is 6.33. The molecule has 0 heterocycles. The number of carboxylic acids is 1. The molecular formula is C10H13ClO5. The van der Waals surface area contributed by atoms with E-state index in [4.69, 9.17) is 32.0 Å². The van der Waals surface area contributed by atoms with Gasteiger partial charge in [0.25, 0.3) is 0 Å². The highest BCUT2D eigenvalue weighted by Gasteiger charge is 2.04. The third-order valence-corrected chi connectivity index (χ3v) is 1.86. The minimum absolute atomic E-state index is 0.143. The average molecular weight is 249 g/mol. The molecule has 0 saturated carbocycles. The Morgan fingerprint density at radius 3 is 2.00 bits per heavy atom. The van der Waals surface area contributed by atoms with Crippen molar-refractivity contribution in [2.24, 2.45) is 0 Å². The molecule has 1 aromatic carbocycles. The van der Waals surface area contributed by atoms with Crippen molar-refractivity contribution in [3.8, 4) is 0 Å². The Kier molecular flexibility index (Phi) is 7.49. The van der Waals surface area contributed by atoms with Crippen LogP contribution in [0.4, 0.5) is 0 Å². The molecule has 5 nitrogen and oxygen atoms in total. The minimum atomic E-state index is -0.995. The summed E-state index contributed by atoms with van der Waals surface area (Å²) in [5.74, 6) is -0.995. The van der Waals surface area contributed by atoms with E-state index in [1.807, 2.05) is 0 Å². The molecule has 0 aliphatic heterocycles. The molecule has 0 amide bonds. The van der Waals surface area contributed by atoms with Crippen molar-refractivity contribution in [1.29, 1.82) is 0 Å². The highest BCUT2D eigenvalue weighted by molar-refractivity contribution is 6.33. The summed E-state index contributed by atoms with van der Waals surface area (Å²) < 4.78 is 0. The molecule has 6 heteroatoms. The lowest BCUT2D eigenvalue weighted by Gasteiger charge is -1.96. The Labute approximate surface area is 97.5 Å². The van der Waals surface area contributed by atoms with Crippen LogP contribution in [-0.4, -0.2) is 45.7 Å². The van der Waals surface area contributed by atoms with Crippen molar-refractivity contribution in [1.82, 2.24) is 0 Å². The lowest BCUT2D eigenvalue weighted by Crippen LogP contribution is -2.15. The van der Waals surface area contributed by atoms with E-state index in [1.165, 1.54) is 6.07 Å². The summed E-state index contributed by atoms with van der Waals surface area (Å²) in [4.78, 5) is 10.3. The van der Waals surface area contributed by atoms with Gasteiger partial charge >= 0.3 is 5.97 Å². The number of halogens is 1. The Hall–Kier alpha value is -1.14. The van der Waals surface area contributed by atoms with Crippen LogP contribution in [-0.2, 0) is 0 Å². The van der Waals surface area contributed by atoms with Gasteiger partial charge in [-0.2, -0.15) is 0 Å². The van der Waals surface area contributed by atoms with Crippen LogP contribution < -0.4 is 0 Å². The monoisotopic (exact) mass is 248 g/mol. The fourth-order valence-electron chi connectivity index (χ4n) is 0.692. The van der Waals surface area contributed by atoms with Crippen molar-refractivity contribution < 1.29 is 25.2 Å². The van der Waals surface area contributed by atoms with Crippen LogP contribution in [0.1, 0.15) is 10.4 Å². The lowest BCUT2D eigenvalue weighted by molar-refractivity contribution is 0.0450. The summed E-state index contributed by atoms with van der Waals surface area (Å²) in [7, 11) is 0. The first kappa shape index (κ1) is 14.9. The van der Waals surface area contributed by atoms with Gasteiger partial charge in [0.15, 0.2) is 0 Å². The van der Waals surface area contributed by atoms with E-state index in [1.54, 1.807) is 18.2 Å². The third kappa shape index (κ3) is 5.67. The SMILES string of the molecule is O=C(O)c1ccccc1Cl.OCC(O)CO. The molecule has 0 unspecified atom stereocenters. The molecule has 0 aliphatic rings. The molecule has 0 saturated heterocycles. The van der Waals surface area contributed by atoms with Crippen LogP contribution in [0.15, 0.2) is 24.3 Å². The first-order valence-electron chi connectivity index (χ1n) is 4.40. The number of carbonyl (C=O) groups is 1. The van der Waals surface area contributed by atoms with Crippen LogP contribution in [0.3, 0.4) is 0 Å². The number of rotatable bonds is 3. The molecule has 0 spiro atoms. The molecular weight excluding hydrogens is 236 g/mol. The van der Waals surface area contributed by atoms with Crippen LogP contribution in [0, 0.1) is 0 Å². The standard InChI is InChI=1S/C7H5ClO2.C3H8O3/c8-6-4-2-1-3-5(6)7(9)10;4-1-3(6)2-5/h1-4H,(H,9,10);3-6H,1-2H2. The van der Waals surface area contributed by atoms with Gasteiger partial charge in [-0.15, -0.1) is 0 Å². The lowest BCUT2D eigenvalue weighted by atomic mass is 10.2. The fraction of sp³-hybridized carbons (Fsp3) is 0.300. The van der Waals surface area contributed by atoms with Crippen molar-refractivity contribution in [2.75, 3.05) is 13.2 Å². The molecule has 0 fully saturated rings. The second-order valence-electron chi connectivity index (χ2n) is 2.80. The zero-order chi connectivity index (χ0) is 12.6. The second kappa shape index (κ2) is 8.06. The second-order valence-corrected chi connectivity index (χ2v) is 3.21. The molecule has 90 valence electrons. The topological polar surface area (TPSA) is 98.0 Å². The normalized spacial score (nSPS) is 9.56. The van der Waals surface area contributed by atoms with Crippen molar-refractivity contribution in [3.05, 3.63) is 34.9 Å². The van der Waals surface area contributed by atoms with Gasteiger partial charge in [0, 0.05) is 0 Å². The summed E-state index contributed by atoms with van der Waals surface area (Å²) in [5.41, 5.74) is 0.143. The van der Waals surface area contributed by atoms with Gasteiger partial charge in [-0.05, 0) is 12.1 Å². The number of carboxylic acid groups (broad SMARTS) is 1.